The summed E-state index contributed by atoms with van der Waals surface area (Å²) in [6.07, 6.45) is 1.79. The molecule has 20 heavy (non-hydrogen) atoms. The lowest BCUT2D eigenvalue weighted by atomic mass is 10.1. The molecule has 0 amide bonds. The highest BCUT2D eigenvalue weighted by atomic mass is 79.9. The molecule has 0 aliphatic heterocycles. The quantitative estimate of drug-likeness (QED) is 0.652. The maximum Gasteiger partial charge on any atom is 0.0893 e. The van der Waals surface area contributed by atoms with Crippen LogP contribution in [0.3, 0.4) is 0 Å². The van der Waals surface area contributed by atoms with Crippen molar-refractivity contribution in [3.05, 3.63) is 72.4 Å². The summed E-state index contributed by atoms with van der Waals surface area (Å²) in [7, 11) is 0. The van der Waals surface area contributed by atoms with Crippen LogP contribution < -0.4 is 0 Å². The maximum absolute atomic E-state index is 4.69. The molecule has 2 heterocycles. The van der Waals surface area contributed by atoms with Gasteiger partial charge in [-0.25, -0.2) is 4.98 Å². The Balaban J connectivity index is 1.98. The normalized spacial score (nSPS) is 10.4. The zero-order valence-corrected chi connectivity index (χ0v) is 12.4. The van der Waals surface area contributed by atoms with Gasteiger partial charge < -0.3 is 0 Å². The standard InChI is InChI=1S/C17H13BrN2/c18-12-13-7-9-14(10-8-13)15-5-3-6-17(20-15)16-4-1-2-11-19-16/h1-11H,12H2. The smallest absolute Gasteiger partial charge is 0.0893 e. The fourth-order valence-electron chi connectivity index (χ4n) is 2.02. The topological polar surface area (TPSA) is 25.8 Å². The van der Waals surface area contributed by atoms with Crippen molar-refractivity contribution in [2.24, 2.45) is 0 Å². The summed E-state index contributed by atoms with van der Waals surface area (Å²) < 4.78 is 0. The first kappa shape index (κ1) is 13.0. The van der Waals surface area contributed by atoms with Crippen LogP contribution in [0.5, 0.6) is 0 Å². The molecule has 0 saturated heterocycles. The van der Waals surface area contributed by atoms with Gasteiger partial charge >= 0.3 is 0 Å². The highest BCUT2D eigenvalue weighted by Crippen LogP contribution is 2.22. The summed E-state index contributed by atoms with van der Waals surface area (Å²) in [6, 6.07) is 20.3. The van der Waals surface area contributed by atoms with E-state index in [2.05, 4.69) is 45.2 Å². The van der Waals surface area contributed by atoms with Gasteiger partial charge in [-0.1, -0.05) is 52.3 Å². The van der Waals surface area contributed by atoms with E-state index in [0.717, 1.165) is 28.0 Å². The maximum atomic E-state index is 4.69. The summed E-state index contributed by atoms with van der Waals surface area (Å²) in [5.74, 6) is 0. The van der Waals surface area contributed by atoms with Crippen molar-refractivity contribution < 1.29 is 0 Å². The van der Waals surface area contributed by atoms with Crippen LogP contribution in [-0.4, -0.2) is 9.97 Å². The molecule has 98 valence electrons. The highest BCUT2D eigenvalue weighted by Gasteiger charge is 2.03. The van der Waals surface area contributed by atoms with E-state index in [4.69, 9.17) is 4.98 Å². The number of nitrogens with zero attached hydrogens (tertiary/aromatic N) is 2. The van der Waals surface area contributed by atoms with E-state index in [0.29, 0.717) is 0 Å². The number of rotatable bonds is 3. The third kappa shape index (κ3) is 2.78. The first-order chi connectivity index (χ1) is 9.86. The van der Waals surface area contributed by atoms with E-state index in [-0.39, 0.29) is 0 Å². The summed E-state index contributed by atoms with van der Waals surface area (Å²) in [5.41, 5.74) is 5.13. The SMILES string of the molecule is BrCc1ccc(-c2cccc(-c3ccccn3)n2)cc1. The average molecular weight is 325 g/mol. The molecule has 3 rings (SSSR count). The molecule has 0 aliphatic rings. The van der Waals surface area contributed by atoms with Crippen LogP contribution in [0.4, 0.5) is 0 Å². The minimum atomic E-state index is 0.870. The van der Waals surface area contributed by atoms with E-state index in [1.165, 1.54) is 5.56 Å². The second-order valence-electron chi connectivity index (χ2n) is 4.45. The summed E-state index contributed by atoms with van der Waals surface area (Å²) in [5, 5.41) is 0.870. The molecule has 3 heteroatoms. The molecule has 2 nitrogen and oxygen atoms in total. The molecule has 0 fully saturated rings. The van der Waals surface area contributed by atoms with E-state index >= 15 is 0 Å². The zero-order chi connectivity index (χ0) is 13.8. The molecular formula is C17H13BrN2. The Kier molecular flexibility index (Phi) is 3.88. The molecular weight excluding hydrogens is 312 g/mol. The number of pyridine rings is 2. The molecule has 0 unspecified atom stereocenters. The largest absolute Gasteiger partial charge is 0.255 e. The third-order valence-corrected chi connectivity index (χ3v) is 3.73. The number of hydrogen-bond donors (Lipinski definition) is 0. The Labute approximate surface area is 126 Å². The monoisotopic (exact) mass is 324 g/mol. The molecule has 2 aromatic heterocycles. The van der Waals surface area contributed by atoms with Gasteiger partial charge in [0.15, 0.2) is 0 Å². The average Bonchev–Trinajstić information content (AvgIpc) is 2.56. The molecule has 0 aliphatic carbocycles. The predicted molar refractivity (Wildman–Crippen MR) is 85.5 cm³/mol. The predicted octanol–water partition coefficient (Wildman–Crippen LogP) is 4.71. The van der Waals surface area contributed by atoms with Crippen LogP contribution in [0.1, 0.15) is 5.56 Å². The molecule has 0 bridgehead atoms. The molecule has 0 spiro atoms. The van der Waals surface area contributed by atoms with E-state index in [1.807, 2.05) is 36.4 Å². The molecule has 0 saturated carbocycles. The molecule has 3 aromatic rings. The number of aromatic nitrogens is 2. The molecule has 0 N–H and O–H groups in total. The van der Waals surface area contributed by atoms with Crippen molar-refractivity contribution in [2.45, 2.75) is 5.33 Å². The second kappa shape index (κ2) is 5.97. The van der Waals surface area contributed by atoms with Crippen molar-refractivity contribution in [1.82, 2.24) is 9.97 Å². The van der Waals surface area contributed by atoms with Crippen LogP contribution in [0, 0.1) is 0 Å². The van der Waals surface area contributed by atoms with Gasteiger partial charge in [-0.05, 0) is 29.8 Å². The number of alkyl halides is 1. The van der Waals surface area contributed by atoms with Gasteiger partial charge in [0.25, 0.3) is 0 Å². The van der Waals surface area contributed by atoms with Gasteiger partial charge in [-0.3, -0.25) is 4.98 Å². The number of benzene rings is 1. The number of hydrogen-bond acceptors (Lipinski definition) is 2. The van der Waals surface area contributed by atoms with Crippen LogP contribution in [0.25, 0.3) is 22.6 Å². The second-order valence-corrected chi connectivity index (χ2v) is 5.01. The van der Waals surface area contributed by atoms with Crippen LogP contribution >= 0.6 is 15.9 Å². The summed E-state index contributed by atoms with van der Waals surface area (Å²) >= 11 is 3.46. The van der Waals surface area contributed by atoms with E-state index in [1.54, 1.807) is 6.20 Å². The van der Waals surface area contributed by atoms with Crippen molar-refractivity contribution in [3.8, 4) is 22.6 Å². The number of halogens is 1. The Morgan fingerprint density at radius 3 is 2.20 bits per heavy atom. The fourth-order valence-corrected chi connectivity index (χ4v) is 2.39. The van der Waals surface area contributed by atoms with Gasteiger partial charge in [-0.2, -0.15) is 0 Å². The Morgan fingerprint density at radius 1 is 0.750 bits per heavy atom. The highest BCUT2D eigenvalue weighted by molar-refractivity contribution is 9.08. The van der Waals surface area contributed by atoms with Gasteiger partial charge in [-0.15, -0.1) is 0 Å². The van der Waals surface area contributed by atoms with E-state index in [9.17, 15) is 0 Å². The van der Waals surface area contributed by atoms with Crippen LogP contribution in [-0.2, 0) is 5.33 Å². The molecule has 1 aromatic carbocycles. The minimum absolute atomic E-state index is 0.870. The Bertz CT molecular complexity index is 694. The first-order valence-electron chi connectivity index (χ1n) is 6.40. The summed E-state index contributed by atoms with van der Waals surface area (Å²) in [6.45, 7) is 0. The van der Waals surface area contributed by atoms with Gasteiger partial charge in [0.2, 0.25) is 0 Å². The van der Waals surface area contributed by atoms with Gasteiger partial charge in [0.05, 0.1) is 17.1 Å². The zero-order valence-electron chi connectivity index (χ0n) is 10.8. The Morgan fingerprint density at radius 2 is 1.50 bits per heavy atom. The Hall–Kier alpha value is -2.00. The lowest BCUT2D eigenvalue weighted by molar-refractivity contribution is 1.25. The first-order valence-corrected chi connectivity index (χ1v) is 7.53. The third-order valence-electron chi connectivity index (χ3n) is 3.08. The van der Waals surface area contributed by atoms with Crippen LogP contribution in [0.2, 0.25) is 0 Å². The minimum Gasteiger partial charge on any atom is -0.255 e. The van der Waals surface area contributed by atoms with Gasteiger partial charge in [0.1, 0.15) is 0 Å². The lowest BCUT2D eigenvalue weighted by Gasteiger charge is -2.05. The van der Waals surface area contributed by atoms with Gasteiger partial charge in [0, 0.05) is 17.1 Å². The summed E-state index contributed by atoms with van der Waals surface area (Å²) in [4.78, 5) is 9.04. The van der Waals surface area contributed by atoms with E-state index < -0.39 is 0 Å². The van der Waals surface area contributed by atoms with Crippen molar-refractivity contribution >= 4 is 15.9 Å². The van der Waals surface area contributed by atoms with Crippen molar-refractivity contribution in [3.63, 3.8) is 0 Å². The van der Waals surface area contributed by atoms with Crippen LogP contribution in [0.15, 0.2) is 66.9 Å². The lowest BCUT2D eigenvalue weighted by Crippen LogP contribution is -1.89. The fraction of sp³-hybridized carbons (Fsp3) is 0.0588. The van der Waals surface area contributed by atoms with Crippen molar-refractivity contribution in [1.29, 1.82) is 0 Å². The van der Waals surface area contributed by atoms with Crippen molar-refractivity contribution in [2.75, 3.05) is 0 Å². The molecule has 0 atom stereocenters. The molecule has 0 radical (unpaired) electrons.